The van der Waals surface area contributed by atoms with Crippen LogP contribution in [0.2, 0.25) is 0 Å². The highest BCUT2D eigenvalue weighted by Crippen LogP contribution is 2.47. The van der Waals surface area contributed by atoms with Gasteiger partial charge in [-0.05, 0) is 52.4 Å². The number of nitrogens with zero attached hydrogens (tertiary/aromatic N) is 6. The number of rotatable bonds is 3. The maximum atomic E-state index is 16.8. The van der Waals surface area contributed by atoms with Gasteiger partial charge in [0.2, 0.25) is 11.8 Å². The topological polar surface area (TPSA) is 116 Å². The third-order valence-corrected chi connectivity index (χ3v) is 9.51. The van der Waals surface area contributed by atoms with E-state index in [9.17, 15) is 22.7 Å². The van der Waals surface area contributed by atoms with Crippen LogP contribution < -0.4 is 25.6 Å². The molecule has 4 aliphatic rings. The lowest BCUT2D eigenvalue weighted by molar-refractivity contribution is -0.137. The molecule has 15 heteroatoms. The number of nitrogens with one attached hydrogen (secondary N) is 1. The molecule has 0 saturated carbocycles. The van der Waals surface area contributed by atoms with Gasteiger partial charge in [0.1, 0.15) is 34.3 Å². The summed E-state index contributed by atoms with van der Waals surface area (Å²) in [7, 11) is 3.68. The van der Waals surface area contributed by atoms with Crippen molar-refractivity contribution in [2.75, 3.05) is 49.3 Å². The maximum absolute atomic E-state index is 16.8. The average Bonchev–Trinajstić information content (AvgIpc) is 3.50. The summed E-state index contributed by atoms with van der Waals surface area (Å²) in [5.41, 5.74) is 1.35. The quantitative estimate of drug-likeness (QED) is 0.298. The Hall–Kier alpha value is -3.56. The van der Waals surface area contributed by atoms with Gasteiger partial charge >= 0.3 is 6.18 Å². The number of hydrogen-bond donors (Lipinski definition) is 3. The smallest absolute Gasteiger partial charge is 0.417 e. The summed E-state index contributed by atoms with van der Waals surface area (Å²) in [5.74, 6) is -1.99. The highest BCUT2D eigenvalue weighted by Gasteiger charge is 2.48. The lowest BCUT2D eigenvalue weighted by Gasteiger charge is -2.43. The lowest BCUT2D eigenvalue weighted by atomic mass is 9.96. The Morgan fingerprint density at radius 3 is 2.52 bits per heavy atom. The first-order valence-electron chi connectivity index (χ1n) is 14.6. The fourth-order valence-corrected chi connectivity index (χ4v) is 7.43. The van der Waals surface area contributed by atoms with Gasteiger partial charge in [-0.25, -0.2) is 18.7 Å². The van der Waals surface area contributed by atoms with Crippen LogP contribution in [0.25, 0.3) is 22.2 Å². The number of benzene rings is 1. The number of alkyl halides is 3. The molecule has 0 amide bonds. The Morgan fingerprint density at radius 2 is 1.84 bits per heavy atom. The van der Waals surface area contributed by atoms with Gasteiger partial charge in [0.25, 0.3) is 0 Å². The molecular weight excluding hydrogens is 587 g/mol. The minimum atomic E-state index is -5.04. The average molecular weight is 621 g/mol. The van der Waals surface area contributed by atoms with Crippen LogP contribution in [0.3, 0.4) is 0 Å². The molecule has 3 aromatic rings. The van der Waals surface area contributed by atoms with E-state index in [0.717, 1.165) is 25.8 Å². The first-order valence-corrected chi connectivity index (χ1v) is 14.6. The Morgan fingerprint density at radius 1 is 1.09 bits per heavy atom. The molecule has 6 atom stereocenters. The van der Waals surface area contributed by atoms with Crippen molar-refractivity contribution in [1.82, 2.24) is 25.2 Å². The predicted octanol–water partition coefficient (Wildman–Crippen LogP) is 3.08. The van der Waals surface area contributed by atoms with Gasteiger partial charge in [0.05, 0.1) is 29.4 Å². The molecule has 4 aliphatic heterocycles. The summed E-state index contributed by atoms with van der Waals surface area (Å²) in [6.45, 7) is 3.87. The minimum Gasteiger partial charge on any atom is -0.472 e. The lowest BCUT2D eigenvalue weighted by Crippen LogP contribution is -2.62. The number of aliphatic hydroxyl groups is 1. The second-order valence-electron chi connectivity index (χ2n) is 12.5. The molecular formula is C29H33F5N8O2. The van der Waals surface area contributed by atoms with Gasteiger partial charge in [-0.1, -0.05) is 0 Å². The molecule has 7 rings (SSSR count). The second kappa shape index (κ2) is 9.97. The summed E-state index contributed by atoms with van der Waals surface area (Å²) in [6.07, 6.45) is -4.46. The van der Waals surface area contributed by atoms with Crippen LogP contribution in [0, 0.1) is 18.6 Å². The number of hydrogen-bond acceptors (Lipinski definition) is 10. The van der Waals surface area contributed by atoms with Crippen molar-refractivity contribution in [3.05, 3.63) is 28.8 Å². The molecule has 3 fully saturated rings. The number of pyridine rings is 1. The van der Waals surface area contributed by atoms with Gasteiger partial charge in [0.15, 0.2) is 5.82 Å². The van der Waals surface area contributed by atoms with Gasteiger partial charge in [-0.3, -0.25) is 0 Å². The van der Waals surface area contributed by atoms with Crippen molar-refractivity contribution in [1.29, 1.82) is 0 Å². The van der Waals surface area contributed by atoms with Gasteiger partial charge in [-0.2, -0.15) is 18.2 Å². The number of ether oxygens (including phenoxy) is 1. The predicted molar refractivity (Wildman–Crippen MR) is 154 cm³/mol. The summed E-state index contributed by atoms with van der Waals surface area (Å²) < 4.78 is 80.8. The fraction of sp³-hybridized carbons (Fsp3) is 0.552. The van der Waals surface area contributed by atoms with Crippen molar-refractivity contribution in [3.63, 3.8) is 0 Å². The van der Waals surface area contributed by atoms with Crippen LogP contribution >= 0.6 is 0 Å². The zero-order valence-electron chi connectivity index (χ0n) is 24.6. The summed E-state index contributed by atoms with van der Waals surface area (Å²) in [5, 5.41) is 14.5. The van der Waals surface area contributed by atoms with Crippen molar-refractivity contribution < 1.29 is 31.8 Å². The molecule has 2 aromatic heterocycles. The maximum Gasteiger partial charge on any atom is 0.417 e. The molecule has 4 N–H and O–H groups in total. The second-order valence-corrected chi connectivity index (χ2v) is 12.5. The van der Waals surface area contributed by atoms with Crippen molar-refractivity contribution in [2.24, 2.45) is 0 Å². The Bertz CT molecular complexity index is 1670. The monoisotopic (exact) mass is 620 g/mol. The zero-order chi connectivity index (χ0) is 31.4. The van der Waals surface area contributed by atoms with Gasteiger partial charge in [-0.15, -0.1) is 0 Å². The van der Waals surface area contributed by atoms with Crippen LogP contribution in [0.15, 0.2) is 6.07 Å². The first kappa shape index (κ1) is 29.2. The molecule has 6 heterocycles. The summed E-state index contributed by atoms with van der Waals surface area (Å²) in [6, 6.07) is 0.491. The molecule has 1 aromatic carbocycles. The third-order valence-electron chi connectivity index (χ3n) is 9.51. The SMILES string of the molecule is Cc1c(F)c(N)cc(-c2nc3c4c(nc(N5C[C@@H](O)[C@H](N(C)C)C5)nc4c2F)N2C[C@H]4CC[C@H](N4)[C@H]2[C@H](C)O3)c1C(F)(F)F. The number of aromatic nitrogens is 3. The van der Waals surface area contributed by atoms with Gasteiger partial charge in [0, 0.05) is 37.3 Å². The van der Waals surface area contributed by atoms with Crippen molar-refractivity contribution >= 4 is 28.4 Å². The minimum absolute atomic E-state index is 0.0407. The summed E-state index contributed by atoms with van der Waals surface area (Å²) in [4.78, 5) is 19.5. The Kier molecular flexibility index (Phi) is 6.61. The molecule has 2 bridgehead atoms. The molecule has 10 nitrogen and oxygen atoms in total. The van der Waals surface area contributed by atoms with Crippen LogP contribution in [-0.2, 0) is 6.18 Å². The van der Waals surface area contributed by atoms with Crippen LogP contribution in [0.1, 0.15) is 30.9 Å². The number of likely N-dealkylation sites (N-methyl/N-ethyl adjacent to an activating group) is 1. The standard InChI is InChI=1S/C29H33F5N8O2/c1-11-20(29(32,33)34)14(7-15(35)21(11)30)23-22(31)24-19-26(39-28(38-24)41-9-17(40(3)4)18(43)10-41)42-8-13-5-6-16(36-13)25(42)12(2)44-27(19)37-23/h7,12-13,16-18,25,36,43H,5-6,8-10,35H2,1-4H3/t12-,13+,16-,17+,18+,25+/m0/s1. The van der Waals surface area contributed by atoms with Crippen LogP contribution in [0.5, 0.6) is 5.88 Å². The molecule has 3 saturated heterocycles. The van der Waals surface area contributed by atoms with Gasteiger partial charge < -0.3 is 35.6 Å². The van der Waals surface area contributed by atoms with E-state index in [1.54, 1.807) is 4.90 Å². The number of β-amino-alcohol motifs (C(OH)–C–C–N with tert-alkyl or cyclic N) is 1. The summed E-state index contributed by atoms with van der Waals surface area (Å²) >= 11 is 0. The highest BCUT2D eigenvalue weighted by atomic mass is 19.4. The number of fused-ring (bicyclic) bond motifs is 5. The molecule has 44 heavy (non-hydrogen) atoms. The van der Waals surface area contributed by atoms with E-state index in [-0.39, 0.29) is 53.4 Å². The normalized spacial score (nSPS) is 28.1. The molecule has 236 valence electrons. The number of nitrogens with two attached hydrogens (primary N) is 1. The number of halogens is 5. The van der Waals surface area contributed by atoms with Crippen molar-refractivity contribution in [2.45, 2.75) is 69.2 Å². The largest absolute Gasteiger partial charge is 0.472 e. The van der Waals surface area contributed by atoms with E-state index in [1.807, 2.05) is 25.9 Å². The van der Waals surface area contributed by atoms with Crippen LogP contribution in [-0.4, -0.2) is 95.1 Å². The molecule has 0 unspecified atom stereocenters. The van der Waals surface area contributed by atoms with E-state index >= 15 is 4.39 Å². The molecule has 0 spiro atoms. The number of anilines is 3. The molecule has 0 radical (unpaired) electrons. The fourth-order valence-electron chi connectivity index (χ4n) is 7.43. The van der Waals surface area contributed by atoms with Crippen molar-refractivity contribution in [3.8, 4) is 17.1 Å². The Labute approximate surface area is 250 Å². The van der Waals surface area contributed by atoms with E-state index in [4.69, 9.17) is 15.5 Å². The van der Waals surface area contributed by atoms with E-state index in [0.29, 0.717) is 18.9 Å². The van der Waals surface area contributed by atoms with E-state index in [2.05, 4.69) is 20.2 Å². The Balaban J connectivity index is 1.51. The zero-order valence-corrected chi connectivity index (χ0v) is 24.6. The number of aliphatic hydroxyl groups excluding tert-OH is 1. The van der Waals surface area contributed by atoms with E-state index in [1.165, 1.54) is 0 Å². The number of piperazine rings is 1. The number of nitrogen functional groups attached to an aromatic ring is 1. The molecule has 0 aliphatic carbocycles. The third kappa shape index (κ3) is 4.34. The highest BCUT2D eigenvalue weighted by molar-refractivity contribution is 5.98. The first-order chi connectivity index (χ1) is 20.7. The van der Waals surface area contributed by atoms with E-state index < -0.39 is 58.1 Å². The van der Waals surface area contributed by atoms with Crippen LogP contribution in [0.4, 0.5) is 39.4 Å².